The van der Waals surface area contributed by atoms with Crippen molar-refractivity contribution in [2.24, 2.45) is 11.5 Å². The highest BCUT2D eigenvalue weighted by Gasteiger charge is 2.27. The number of hydrogen-bond donors (Lipinski definition) is 5. The quantitative estimate of drug-likeness (QED) is 0.294. The number of primary amides is 1. The van der Waals surface area contributed by atoms with Crippen LogP contribution in [0.4, 0.5) is 4.79 Å². The Hall–Kier alpha value is -2.67. The number of amides is 3. The molecule has 1 rings (SSSR count). The van der Waals surface area contributed by atoms with Gasteiger partial charge in [0.2, 0.25) is 11.8 Å². The Kier molecular flexibility index (Phi) is 9.38. The Bertz CT molecular complexity index is 711. The molecule has 156 valence electrons. The standard InChI is InChI=1S/C15H24N6O6S/c1-7(22)9(6-12(24)25)18-15(26)19-10(5-11(17)23)14-20-13(21-27-14)8(16)3-4-28-2/h8-10H,3-6,16H2,1-2H3,(H2,17,23)(H,24,25)(H2,18,19,26)/t8-,9-,10-/m0/s1. The maximum absolute atomic E-state index is 12.1. The maximum Gasteiger partial charge on any atom is 0.316 e. The Labute approximate surface area is 165 Å². The van der Waals surface area contributed by atoms with Crippen molar-refractivity contribution in [3.05, 3.63) is 11.7 Å². The summed E-state index contributed by atoms with van der Waals surface area (Å²) in [4.78, 5) is 49.9. The molecule has 0 saturated carbocycles. The molecule has 1 aromatic heterocycles. The van der Waals surface area contributed by atoms with E-state index in [2.05, 4.69) is 20.8 Å². The molecule has 0 saturated heterocycles. The van der Waals surface area contributed by atoms with Gasteiger partial charge in [-0.25, -0.2) is 4.79 Å². The molecular formula is C15H24N6O6S. The van der Waals surface area contributed by atoms with Crippen molar-refractivity contribution in [3.63, 3.8) is 0 Å². The molecule has 0 aliphatic carbocycles. The number of aromatic nitrogens is 2. The SMILES string of the molecule is CSCC[C@H](N)c1noc([C@H](CC(N)=O)NC(=O)N[C@@H](CC(=O)O)C(C)=O)n1. The zero-order valence-corrected chi connectivity index (χ0v) is 16.3. The molecule has 0 fully saturated rings. The molecule has 28 heavy (non-hydrogen) atoms. The molecule has 3 atom stereocenters. The Balaban J connectivity index is 2.86. The number of urea groups is 1. The number of carboxylic acid groups (broad SMARTS) is 1. The zero-order valence-electron chi connectivity index (χ0n) is 15.5. The number of carboxylic acids is 1. The first-order chi connectivity index (χ1) is 13.1. The number of carbonyl (C=O) groups excluding carboxylic acids is 3. The summed E-state index contributed by atoms with van der Waals surface area (Å²) in [5.74, 6) is -1.62. The number of rotatable bonds is 12. The average Bonchev–Trinajstić information content (AvgIpc) is 3.07. The van der Waals surface area contributed by atoms with Gasteiger partial charge in [0.25, 0.3) is 0 Å². The van der Waals surface area contributed by atoms with E-state index in [9.17, 15) is 19.2 Å². The number of thioether (sulfide) groups is 1. The van der Waals surface area contributed by atoms with Gasteiger partial charge in [-0.1, -0.05) is 5.16 Å². The van der Waals surface area contributed by atoms with Gasteiger partial charge in [0.15, 0.2) is 11.6 Å². The lowest BCUT2D eigenvalue weighted by molar-refractivity contribution is -0.139. The highest BCUT2D eigenvalue weighted by Crippen LogP contribution is 2.18. The van der Waals surface area contributed by atoms with E-state index in [0.717, 1.165) is 12.7 Å². The second-order valence-corrected chi connectivity index (χ2v) is 6.97. The van der Waals surface area contributed by atoms with Gasteiger partial charge in [0, 0.05) is 0 Å². The molecule has 0 radical (unpaired) electrons. The van der Waals surface area contributed by atoms with Gasteiger partial charge in [0.1, 0.15) is 6.04 Å². The summed E-state index contributed by atoms with van der Waals surface area (Å²) in [6, 6.07) is -3.67. The van der Waals surface area contributed by atoms with Crippen LogP contribution >= 0.6 is 11.8 Å². The maximum atomic E-state index is 12.1. The van der Waals surface area contributed by atoms with Crippen LogP contribution in [0.5, 0.6) is 0 Å². The molecule has 0 bridgehead atoms. The minimum atomic E-state index is -1.25. The molecule has 3 amide bonds. The molecule has 13 heteroatoms. The second-order valence-electron chi connectivity index (χ2n) is 5.98. The predicted octanol–water partition coefficient (Wildman–Crippen LogP) is -0.529. The molecular weight excluding hydrogens is 392 g/mol. The van der Waals surface area contributed by atoms with E-state index in [1.165, 1.54) is 0 Å². The molecule has 1 heterocycles. The fraction of sp³-hybridized carbons (Fsp3) is 0.600. The van der Waals surface area contributed by atoms with Gasteiger partial charge < -0.3 is 31.7 Å². The first-order valence-corrected chi connectivity index (χ1v) is 9.69. The predicted molar refractivity (Wildman–Crippen MR) is 99.2 cm³/mol. The van der Waals surface area contributed by atoms with Gasteiger partial charge in [-0.3, -0.25) is 14.4 Å². The molecule has 12 nitrogen and oxygen atoms in total. The van der Waals surface area contributed by atoms with E-state index in [1.54, 1.807) is 11.8 Å². The van der Waals surface area contributed by atoms with E-state index < -0.39 is 48.2 Å². The van der Waals surface area contributed by atoms with E-state index >= 15 is 0 Å². The number of carbonyl (C=O) groups is 4. The molecule has 0 spiro atoms. The Morgan fingerprint density at radius 1 is 1.25 bits per heavy atom. The molecule has 1 aromatic rings. The van der Waals surface area contributed by atoms with Crippen molar-refractivity contribution in [2.45, 2.75) is 44.3 Å². The first kappa shape index (κ1) is 23.4. The summed E-state index contributed by atoms with van der Waals surface area (Å²) < 4.78 is 5.09. The summed E-state index contributed by atoms with van der Waals surface area (Å²) in [6.45, 7) is 1.15. The summed E-state index contributed by atoms with van der Waals surface area (Å²) in [5, 5.41) is 17.2. The number of hydrogen-bond acceptors (Lipinski definition) is 9. The van der Waals surface area contributed by atoms with Crippen molar-refractivity contribution in [3.8, 4) is 0 Å². The largest absolute Gasteiger partial charge is 0.481 e. The van der Waals surface area contributed by atoms with Crippen molar-refractivity contribution in [1.29, 1.82) is 0 Å². The van der Waals surface area contributed by atoms with Crippen LogP contribution in [0.2, 0.25) is 0 Å². The zero-order chi connectivity index (χ0) is 21.3. The van der Waals surface area contributed by atoms with Crippen molar-refractivity contribution in [1.82, 2.24) is 20.8 Å². The van der Waals surface area contributed by atoms with Gasteiger partial charge in [-0.15, -0.1) is 0 Å². The Morgan fingerprint density at radius 2 is 1.93 bits per heavy atom. The van der Waals surface area contributed by atoms with E-state index in [4.69, 9.17) is 21.1 Å². The number of nitrogens with two attached hydrogens (primary N) is 2. The summed E-state index contributed by atoms with van der Waals surface area (Å²) in [7, 11) is 0. The fourth-order valence-electron chi connectivity index (χ4n) is 2.14. The number of nitrogens with one attached hydrogen (secondary N) is 2. The van der Waals surface area contributed by atoms with Crippen LogP contribution in [-0.2, 0) is 14.4 Å². The van der Waals surface area contributed by atoms with Crippen molar-refractivity contribution < 1.29 is 28.8 Å². The van der Waals surface area contributed by atoms with Crippen LogP contribution in [0.1, 0.15) is 50.0 Å². The summed E-state index contributed by atoms with van der Waals surface area (Å²) in [5.41, 5.74) is 11.2. The van der Waals surface area contributed by atoms with Crippen LogP contribution in [-0.4, -0.2) is 57.0 Å². The van der Waals surface area contributed by atoms with Crippen LogP contribution < -0.4 is 22.1 Å². The summed E-state index contributed by atoms with van der Waals surface area (Å²) >= 11 is 1.60. The molecule has 7 N–H and O–H groups in total. The number of aliphatic carboxylic acids is 1. The normalized spacial score (nSPS) is 14.0. The van der Waals surface area contributed by atoms with Crippen LogP contribution in [0.15, 0.2) is 4.52 Å². The highest BCUT2D eigenvalue weighted by atomic mass is 32.2. The van der Waals surface area contributed by atoms with Crippen LogP contribution in [0.3, 0.4) is 0 Å². The summed E-state index contributed by atoms with van der Waals surface area (Å²) in [6.07, 6.45) is 1.60. The van der Waals surface area contributed by atoms with Gasteiger partial charge in [-0.05, 0) is 25.4 Å². The minimum Gasteiger partial charge on any atom is -0.481 e. The highest BCUT2D eigenvalue weighted by molar-refractivity contribution is 7.98. The molecule has 0 unspecified atom stereocenters. The van der Waals surface area contributed by atoms with Gasteiger partial charge in [0.05, 0.1) is 24.9 Å². The lowest BCUT2D eigenvalue weighted by atomic mass is 10.1. The molecule has 0 aromatic carbocycles. The van der Waals surface area contributed by atoms with Gasteiger partial charge in [-0.2, -0.15) is 16.7 Å². The fourth-order valence-corrected chi connectivity index (χ4v) is 2.63. The van der Waals surface area contributed by atoms with Crippen molar-refractivity contribution in [2.75, 3.05) is 12.0 Å². The molecule has 0 aliphatic heterocycles. The minimum absolute atomic E-state index is 0.0823. The third kappa shape index (κ3) is 7.92. The number of nitrogens with zero attached hydrogens (tertiary/aromatic N) is 2. The third-order valence-electron chi connectivity index (χ3n) is 3.61. The Morgan fingerprint density at radius 3 is 2.46 bits per heavy atom. The average molecular weight is 416 g/mol. The number of ketones is 1. The van der Waals surface area contributed by atoms with E-state index in [-0.39, 0.29) is 18.1 Å². The van der Waals surface area contributed by atoms with Crippen LogP contribution in [0.25, 0.3) is 0 Å². The molecule has 0 aliphatic rings. The smallest absolute Gasteiger partial charge is 0.316 e. The van der Waals surface area contributed by atoms with E-state index in [1.807, 2.05) is 6.26 Å². The lowest BCUT2D eigenvalue weighted by Gasteiger charge is -2.18. The lowest BCUT2D eigenvalue weighted by Crippen LogP contribution is -2.47. The van der Waals surface area contributed by atoms with Crippen LogP contribution in [0, 0.1) is 0 Å². The first-order valence-electron chi connectivity index (χ1n) is 8.29. The van der Waals surface area contributed by atoms with Gasteiger partial charge >= 0.3 is 12.0 Å². The topological polar surface area (TPSA) is 204 Å². The van der Waals surface area contributed by atoms with Crippen molar-refractivity contribution >= 4 is 35.5 Å². The third-order valence-corrected chi connectivity index (χ3v) is 4.25. The number of Topliss-reactive ketones (excluding diaryl/α,β-unsaturated/α-hetero) is 1. The van der Waals surface area contributed by atoms with E-state index in [0.29, 0.717) is 6.42 Å². The monoisotopic (exact) mass is 416 g/mol. The second kappa shape index (κ2) is 11.2.